The van der Waals surface area contributed by atoms with Gasteiger partial charge in [0.05, 0.1) is 5.69 Å². The summed E-state index contributed by atoms with van der Waals surface area (Å²) >= 11 is 0. The zero-order valence-electron chi connectivity index (χ0n) is 11.6. The molecule has 0 radical (unpaired) electrons. The molecule has 4 nitrogen and oxygen atoms in total. The number of aromatic nitrogens is 2. The summed E-state index contributed by atoms with van der Waals surface area (Å²) in [4.78, 5) is 7.12. The highest BCUT2D eigenvalue weighted by Crippen LogP contribution is 2.29. The molecule has 1 fully saturated rings. The van der Waals surface area contributed by atoms with Gasteiger partial charge in [0.1, 0.15) is 0 Å². The molecule has 0 unspecified atom stereocenters. The van der Waals surface area contributed by atoms with Crippen molar-refractivity contribution < 1.29 is 5.11 Å². The molecule has 3 heterocycles. The van der Waals surface area contributed by atoms with E-state index >= 15 is 0 Å². The number of fused-ring (bicyclic) bond motifs is 1. The fourth-order valence-corrected chi connectivity index (χ4v) is 2.93. The monoisotopic (exact) mass is 259 g/mol. The summed E-state index contributed by atoms with van der Waals surface area (Å²) in [6.07, 6.45) is 6.31. The summed E-state index contributed by atoms with van der Waals surface area (Å²) < 4.78 is 1.92. The zero-order valence-corrected chi connectivity index (χ0v) is 11.6. The van der Waals surface area contributed by atoms with Crippen molar-refractivity contribution in [2.45, 2.75) is 38.6 Å². The third-order valence-electron chi connectivity index (χ3n) is 4.16. The molecule has 0 spiro atoms. The van der Waals surface area contributed by atoms with Crippen LogP contribution in [0.3, 0.4) is 0 Å². The molecule has 1 N–H and O–H groups in total. The topological polar surface area (TPSA) is 40.8 Å². The number of rotatable bonds is 2. The molecule has 0 aromatic carbocycles. The lowest BCUT2D eigenvalue weighted by Crippen LogP contribution is -2.37. The molecular formula is C15H21N3O. The summed E-state index contributed by atoms with van der Waals surface area (Å²) in [5.74, 6) is 0.780. The molecule has 1 aliphatic heterocycles. The molecule has 2 aromatic rings. The Balaban J connectivity index is 1.80. The van der Waals surface area contributed by atoms with Gasteiger partial charge in [-0.2, -0.15) is 0 Å². The molecule has 19 heavy (non-hydrogen) atoms. The largest absolute Gasteiger partial charge is 0.504 e. The Bertz CT molecular complexity index is 568. The van der Waals surface area contributed by atoms with E-state index in [-0.39, 0.29) is 5.75 Å². The Labute approximate surface area is 113 Å². The van der Waals surface area contributed by atoms with Crippen LogP contribution in [-0.2, 0) is 0 Å². The van der Waals surface area contributed by atoms with Crippen LogP contribution in [0.15, 0.2) is 24.5 Å². The second kappa shape index (κ2) is 4.85. The van der Waals surface area contributed by atoms with Crippen LogP contribution in [0.4, 0.5) is 0 Å². The molecule has 1 aliphatic rings. The van der Waals surface area contributed by atoms with Gasteiger partial charge in [-0.1, -0.05) is 0 Å². The van der Waals surface area contributed by atoms with Crippen molar-refractivity contribution in [3.63, 3.8) is 0 Å². The van der Waals surface area contributed by atoms with Crippen molar-refractivity contribution in [3.8, 4) is 5.75 Å². The third-order valence-corrected chi connectivity index (χ3v) is 4.16. The Hall–Kier alpha value is -1.55. The van der Waals surface area contributed by atoms with Crippen LogP contribution >= 0.6 is 0 Å². The highest BCUT2D eigenvalue weighted by molar-refractivity contribution is 5.53. The van der Waals surface area contributed by atoms with Gasteiger partial charge >= 0.3 is 0 Å². The summed E-state index contributed by atoms with van der Waals surface area (Å²) in [5, 5.41) is 9.81. The predicted octanol–water partition coefficient (Wildman–Crippen LogP) is 2.63. The second-order valence-corrected chi connectivity index (χ2v) is 5.69. The van der Waals surface area contributed by atoms with Gasteiger partial charge in [-0.25, -0.2) is 4.98 Å². The molecule has 102 valence electrons. The van der Waals surface area contributed by atoms with Crippen LogP contribution in [0.2, 0.25) is 0 Å². The average Bonchev–Trinajstić information content (AvgIpc) is 2.84. The molecule has 0 saturated carbocycles. The Morgan fingerprint density at radius 2 is 2.05 bits per heavy atom. The van der Waals surface area contributed by atoms with Gasteiger partial charge in [-0.3, -0.25) is 0 Å². The van der Waals surface area contributed by atoms with Crippen molar-refractivity contribution >= 4 is 5.65 Å². The quantitative estimate of drug-likeness (QED) is 0.901. The van der Waals surface area contributed by atoms with E-state index in [0.717, 1.165) is 31.6 Å². The number of imidazole rings is 1. The van der Waals surface area contributed by atoms with E-state index in [1.54, 1.807) is 6.07 Å². The Morgan fingerprint density at radius 3 is 2.68 bits per heavy atom. The normalized spacial score (nSPS) is 18.5. The fraction of sp³-hybridized carbons (Fsp3) is 0.533. The minimum absolute atomic E-state index is 0.258. The van der Waals surface area contributed by atoms with Crippen molar-refractivity contribution in [3.05, 3.63) is 30.2 Å². The number of hydrogen-bond donors (Lipinski definition) is 1. The first-order valence-corrected chi connectivity index (χ1v) is 7.06. The molecule has 0 atom stereocenters. The van der Waals surface area contributed by atoms with Gasteiger partial charge in [-0.05, 0) is 51.9 Å². The number of pyridine rings is 1. The standard InChI is InChI=1S/C15H21N3O/c1-11(2)17-8-5-12(6-9-17)13-10-18-7-3-4-14(19)15(18)16-13/h3-4,7,10-12,19H,5-6,8-9H2,1-2H3. The first-order valence-electron chi connectivity index (χ1n) is 7.06. The van der Waals surface area contributed by atoms with E-state index in [2.05, 4.69) is 29.9 Å². The molecule has 0 aliphatic carbocycles. The van der Waals surface area contributed by atoms with Gasteiger partial charge in [0.25, 0.3) is 0 Å². The molecule has 4 heteroatoms. The lowest BCUT2D eigenvalue weighted by atomic mass is 9.93. The average molecular weight is 259 g/mol. The maximum atomic E-state index is 9.81. The van der Waals surface area contributed by atoms with E-state index in [0.29, 0.717) is 17.6 Å². The number of nitrogens with zero attached hydrogens (tertiary/aromatic N) is 3. The molecular weight excluding hydrogens is 238 g/mol. The first-order chi connectivity index (χ1) is 9.15. The summed E-state index contributed by atoms with van der Waals surface area (Å²) in [5.41, 5.74) is 1.79. The minimum atomic E-state index is 0.258. The molecule has 1 saturated heterocycles. The third kappa shape index (κ3) is 2.32. The van der Waals surface area contributed by atoms with Crippen LogP contribution in [0.5, 0.6) is 5.75 Å². The maximum Gasteiger partial charge on any atom is 0.179 e. The van der Waals surface area contributed by atoms with Crippen molar-refractivity contribution in [2.75, 3.05) is 13.1 Å². The van der Waals surface area contributed by atoms with Crippen molar-refractivity contribution in [1.29, 1.82) is 0 Å². The van der Waals surface area contributed by atoms with Gasteiger partial charge in [0.15, 0.2) is 11.4 Å². The lowest BCUT2D eigenvalue weighted by Gasteiger charge is -2.33. The van der Waals surface area contributed by atoms with Crippen molar-refractivity contribution in [2.24, 2.45) is 0 Å². The van der Waals surface area contributed by atoms with Crippen LogP contribution in [0, 0.1) is 0 Å². The van der Waals surface area contributed by atoms with Crippen LogP contribution in [0.25, 0.3) is 5.65 Å². The van der Waals surface area contributed by atoms with E-state index in [9.17, 15) is 5.11 Å². The number of piperidine rings is 1. The number of hydrogen-bond acceptors (Lipinski definition) is 3. The highest BCUT2D eigenvalue weighted by Gasteiger charge is 2.24. The van der Waals surface area contributed by atoms with E-state index in [4.69, 9.17) is 0 Å². The van der Waals surface area contributed by atoms with Gasteiger partial charge in [0.2, 0.25) is 0 Å². The van der Waals surface area contributed by atoms with Crippen LogP contribution in [-0.4, -0.2) is 38.5 Å². The maximum absolute atomic E-state index is 9.81. The van der Waals surface area contributed by atoms with Gasteiger partial charge in [-0.15, -0.1) is 0 Å². The molecule has 3 rings (SSSR count). The molecule has 0 amide bonds. The second-order valence-electron chi connectivity index (χ2n) is 5.69. The molecule has 2 aromatic heterocycles. The van der Waals surface area contributed by atoms with Crippen molar-refractivity contribution in [1.82, 2.24) is 14.3 Å². The summed E-state index contributed by atoms with van der Waals surface area (Å²) in [7, 11) is 0. The van der Waals surface area contributed by atoms with Crippen LogP contribution in [0.1, 0.15) is 38.3 Å². The van der Waals surface area contributed by atoms with Crippen LogP contribution < -0.4 is 0 Å². The number of likely N-dealkylation sites (tertiary alicyclic amines) is 1. The lowest BCUT2D eigenvalue weighted by molar-refractivity contribution is 0.171. The first kappa shape index (κ1) is 12.5. The Kier molecular flexibility index (Phi) is 3.19. The van der Waals surface area contributed by atoms with E-state index < -0.39 is 0 Å². The highest BCUT2D eigenvalue weighted by atomic mass is 16.3. The van der Waals surface area contributed by atoms with Gasteiger partial charge < -0.3 is 14.4 Å². The van der Waals surface area contributed by atoms with E-state index in [1.807, 2.05) is 16.7 Å². The van der Waals surface area contributed by atoms with E-state index in [1.165, 1.54) is 0 Å². The minimum Gasteiger partial charge on any atom is -0.504 e. The SMILES string of the molecule is CC(C)N1CCC(c2cn3cccc(O)c3n2)CC1. The van der Waals surface area contributed by atoms with Gasteiger partial charge in [0, 0.05) is 24.4 Å². The predicted molar refractivity (Wildman–Crippen MR) is 75.5 cm³/mol. The Morgan fingerprint density at radius 1 is 1.32 bits per heavy atom. The number of aromatic hydroxyl groups is 1. The smallest absolute Gasteiger partial charge is 0.179 e. The fourth-order valence-electron chi connectivity index (χ4n) is 2.93. The summed E-state index contributed by atoms with van der Waals surface area (Å²) in [6.45, 7) is 6.79. The summed E-state index contributed by atoms with van der Waals surface area (Å²) in [6, 6.07) is 4.16. The zero-order chi connectivity index (χ0) is 13.4. The molecule has 0 bridgehead atoms.